The van der Waals surface area contributed by atoms with Crippen molar-refractivity contribution in [3.8, 4) is 0 Å². The van der Waals surface area contributed by atoms with Gasteiger partial charge in [0.15, 0.2) is 0 Å². The predicted molar refractivity (Wildman–Crippen MR) is 102 cm³/mol. The first-order valence-electron chi connectivity index (χ1n) is 9.44. The quantitative estimate of drug-likeness (QED) is 0.833. The normalized spacial score (nSPS) is 25.6. The van der Waals surface area contributed by atoms with Crippen LogP contribution >= 0.6 is 0 Å². The van der Waals surface area contributed by atoms with Crippen molar-refractivity contribution in [3.63, 3.8) is 0 Å². The van der Waals surface area contributed by atoms with Crippen LogP contribution in [-0.4, -0.2) is 41.5 Å². The van der Waals surface area contributed by atoms with Gasteiger partial charge in [0.05, 0.1) is 5.92 Å². The lowest BCUT2D eigenvalue weighted by atomic mass is 9.95. The number of nitrogens with zero attached hydrogens (tertiary/aromatic N) is 2. The standard InChI is InChI=1S/C22H24N2O3/c1-16-12-23(13-17-8-4-2-5-9-17)14-19(16)21(25)24-20(15-27-22(24)26)18-10-6-3-7-11-18/h2-11,16,19-20H,12-15H2,1H3/t16?,19-,20+/m1/s1. The van der Waals surface area contributed by atoms with Crippen molar-refractivity contribution in [2.24, 2.45) is 11.8 Å². The molecule has 0 radical (unpaired) electrons. The molecule has 5 nitrogen and oxygen atoms in total. The number of carbonyl (C=O) groups excluding carboxylic acids is 2. The molecule has 2 aliphatic heterocycles. The Hall–Kier alpha value is -2.66. The summed E-state index contributed by atoms with van der Waals surface area (Å²) in [6, 6.07) is 19.6. The molecular weight excluding hydrogens is 340 g/mol. The van der Waals surface area contributed by atoms with Crippen LogP contribution in [0.5, 0.6) is 0 Å². The van der Waals surface area contributed by atoms with Crippen molar-refractivity contribution in [1.82, 2.24) is 9.80 Å². The number of ether oxygens (including phenoxy) is 1. The van der Waals surface area contributed by atoms with Crippen molar-refractivity contribution in [2.45, 2.75) is 19.5 Å². The largest absolute Gasteiger partial charge is 0.446 e. The summed E-state index contributed by atoms with van der Waals surface area (Å²) in [6.45, 7) is 4.65. The molecule has 0 spiro atoms. The van der Waals surface area contributed by atoms with Crippen LogP contribution in [0.4, 0.5) is 4.79 Å². The summed E-state index contributed by atoms with van der Waals surface area (Å²) in [5.41, 5.74) is 2.17. The van der Waals surface area contributed by atoms with E-state index in [1.165, 1.54) is 10.5 Å². The van der Waals surface area contributed by atoms with Gasteiger partial charge in [0.2, 0.25) is 5.91 Å². The number of likely N-dealkylation sites (tertiary alicyclic amines) is 1. The van der Waals surface area contributed by atoms with Crippen LogP contribution in [0.3, 0.4) is 0 Å². The van der Waals surface area contributed by atoms with Crippen LogP contribution in [-0.2, 0) is 16.1 Å². The third kappa shape index (κ3) is 3.60. The van der Waals surface area contributed by atoms with Crippen molar-refractivity contribution < 1.29 is 14.3 Å². The minimum absolute atomic E-state index is 0.116. The van der Waals surface area contributed by atoms with Gasteiger partial charge in [-0.25, -0.2) is 9.69 Å². The summed E-state index contributed by atoms with van der Waals surface area (Å²) in [5.74, 6) is -0.106. The second-order valence-electron chi connectivity index (χ2n) is 7.48. The Bertz CT molecular complexity index is 809. The Labute approximate surface area is 159 Å². The van der Waals surface area contributed by atoms with Crippen molar-refractivity contribution >= 4 is 12.0 Å². The molecule has 2 fully saturated rings. The van der Waals surface area contributed by atoms with E-state index >= 15 is 0 Å². The maximum atomic E-state index is 13.2. The van der Waals surface area contributed by atoms with Crippen molar-refractivity contribution in [2.75, 3.05) is 19.7 Å². The minimum Gasteiger partial charge on any atom is -0.446 e. The zero-order valence-electron chi connectivity index (χ0n) is 15.5. The summed E-state index contributed by atoms with van der Waals surface area (Å²) in [6.07, 6.45) is -0.525. The Morgan fingerprint density at radius 2 is 1.70 bits per heavy atom. The van der Waals surface area contributed by atoms with Gasteiger partial charge in [-0.1, -0.05) is 67.6 Å². The van der Waals surface area contributed by atoms with Crippen LogP contribution < -0.4 is 0 Å². The molecule has 4 rings (SSSR count). The fourth-order valence-electron chi connectivity index (χ4n) is 4.12. The van der Waals surface area contributed by atoms with E-state index in [0.29, 0.717) is 6.54 Å². The van der Waals surface area contributed by atoms with E-state index in [4.69, 9.17) is 4.74 Å². The highest BCUT2D eigenvalue weighted by molar-refractivity contribution is 5.95. The number of hydrogen-bond donors (Lipinski definition) is 0. The maximum Gasteiger partial charge on any atom is 0.417 e. The first-order chi connectivity index (χ1) is 13.1. The lowest BCUT2D eigenvalue weighted by Crippen LogP contribution is -2.41. The molecule has 2 aromatic rings. The summed E-state index contributed by atoms with van der Waals surface area (Å²) >= 11 is 0. The highest BCUT2D eigenvalue weighted by Gasteiger charge is 2.45. The van der Waals surface area contributed by atoms with Gasteiger partial charge < -0.3 is 4.74 Å². The van der Waals surface area contributed by atoms with Crippen LogP contribution in [0.2, 0.25) is 0 Å². The molecule has 140 valence electrons. The fraction of sp³-hybridized carbons (Fsp3) is 0.364. The van der Waals surface area contributed by atoms with Crippen LogP contribution in [0.15, 0.2) is 60.7 Å². The van der Waals surface area contributed by atoms with Gasteiger partial charge in [-0.15, -0.1) is 0 Å². The molecule has 0 bridgehead atoms. The third-order valence-corrected chi connectivity index (χ3v) is 5.55. The molecule has 27 heavy (non-hydrogen) atoms. The fourth-order valence-corrected chi connectivity index (χ4v) is 4.12. The Kier molecular flexibility index (Phi) is 4.94. The minimum atomic E-state index is -0.525. The van der Waals surface area contributed by atoms with Crippen LogP contribution in [0.1, 0.15) is 24.1 Å². The number of rotatable bonds is 4. The molecule has 0 aromatic heterocycles. The SMILES string of the molecule is CC1CN(Cc2ccccc2)C[C@H]1C(=O)N1C(=O)OC[C@H]1c1ccccc1. The number of hydrogen-bond acceptors (Lipinski definition) is 4. The molecule has 0 N–H and O–H groups in total. The lowest BCUT2D eigenvalue weighted by molar-refractivity contribution is -0.134. The molecule has 2 heterocycles. The highest BCUT2D eigenvalue weighted by atomic mass is 16.6. The Balaban J connectivity index is 1.49. The number of cyclic esters (lactones) is 1. The molecule has 0 saturated carbocycles. The summed E-state index contributed by atoms with van der Waals surface area (Å²) < 4.78 is 5.22. The van der Waals surface area contributed by atoms with E-state index in [1.807, 2.05) is 48.5 Å². The van der Waals surface area contributed by atoms with Gasteiger partial charge >= 0.3 is 6.09 Å². The van der Waals surface area contributed by atoms with Gasteiger partial charge in [-0.3, -0.25) is 9.69 Å². The average molecular weight is 364 g/mol. The Morgan fingerprint density at radius 3 is 2.41 bits per heavy atom. The van der Waals surface area contributed by atoms with E-state index in [2.05, 4.69) is 24.0 Å². The predicted octanol–water partition coefficient (Wildman–Crippen LogP) is 3.47. The smallest absolute Gasteiger partial charge is 0.417 e. The number of imide groups is 1. The molecule has 2 aromatic carbocycles. The number of benzene rings is 2. The second-order valence-corrected chi connectivity index (χ2v) is 7.48. The molecule has 1 unspecified atom stereocenters. The van der Waals surface area contributed by atoms with E-state index in [0.717, 1.165) is 18.7 Å². The van der Waals surface area contributed by atoms with Crippen LogP contribution in [0, 0.1) is 11.8 Å². The van der Waals surface area contributed by atoms with Crippen molar-refractivity contribution in [3.05, 3.63) is 71.8 Å². The van der Waals surface area contributed by atoms with Gasteiger partial charge in [-0.2, -0.15) is 0 Å². The van der Waals surface area contributed by atoms with Gasteiger partial charge in [0, 0.05) is 19.6 Å². The molecular formula is C22H24N2O3. The zero-order valence-corrected chi connectivity index (χ0v) is 15.5. The van der Waals surface area contributed by atoms with Gasteiger partial charge in [-0.05, 0) is 17.0 Å². The second kappa shape index (κ2) is 7.53. The molecule has 2 amide bonds. The summed E-state index contributed by atoms with van der Waals surface area (Å²) in [4.78, 5) is 29.2. The van der Waals surface area contributed by atoms with E-state index in [-0.39, 0.29) is 30.4 Å². The monoisotopic (exact) mass is 364 g/mol. The van der Waals surface area contributed by atoms with Gasteiger partial charge in [0.1, 0.15) is 12.6 Å². The topological polar surface area (TPSA) is 49.9 Å². The molecule has 5 heteroatoms. The summed E-state index contributed by atoms with van der Waals surface area (Å²) in [5, 5.41) is 0. The maximum absolute atomic E-state index is 13.2. The lowest BCUT2D eigenvalue weighted by Gasteiger charge is -2.24. The van der Waals surface area contributed by atoms with Gasteiger partial charge in [0.25, 0.3) is 0 Å². The van der Waals surface area contributed by atoms with Crippen molar-refractivity contribution in [1.29, 1.82) is 0 Å². The zero-order chi connectivity index (χ0) is 18.8. The molecule has 2 saturated heterocycles. The van der Waals surface area contributed by atoms with E-state index < -0.39 is 6.09 Å². The molecule has 2 aliphatic rings. The van der Waals surface area contributed by atoms with E-state index in [9.17, 15) is 9.59 Å². The molecule has 0 aliphatic carbocycles. The third-order valence-electron chi connectivity index (χ3n) is 5.55. The highest BCUT2D eigenvalue weighted by Crippen LogP contribution is 2.33. The first kappa shape index (κ1) is 17.7. The first-order valence-corrected chi connectivity index (χ1v) is 9.44. The molecule has 3 atom stereocenters. The summed E-state index contributed by atoms with van der Waals surface area (Å²) in [7, 11) is 0. The van der Waals surface area contributed by atoms with E-state index in [1.54, 1.807) is 0 Å². The number of amides is 2. The van der Waals surface area contributed by atoms with Crippen LogP contribution in [0.25, 0.3) is 0 Å². The Morgan fingerprint density at radius 1 is 1.04 bits per heavy atom. The number of carbonyl (C=O) groups is 2. The average Bonchev–Trinajstić information content (AvgIpc) is 3.25.